The van der Waals surface area contributed by atoms with Crippen molar-refractivity contribution in [2.45, 2.75) is 10.6 Å². The molecule has 0 aliphatic carbocycles. The highest BCUT2D eigenvalue weighted by molar-refractivity contribution is 9.10. The number of halogens is 3. The molecule has 0 aliphatic rings. The van der Waals surface area contributed by atoms with Gasteiger partial charge in [-0.3, -0.25) is 0 Å². The van der Waals surface area contributed by atoms with Crippen molar-refractivity contribution >= 4 is 37.4 Å². The second-order valence-corrected chi connectivity index (χ2v) is 7.32. The summed E-state index contributed by atoms with van der Waals surface area (Å²) in [7, 11) is -2.45. The largest absolute Gasteiger partial charge is 0.480 e. The fourth-order valence-corrected chi connectivity index (χ4v) is 3.99. The van der Waals surface area contributed by atoms with Crippen molar-refractivity contribution in [3.8, 4) is 5.88 Å². The lowest BCUT2D eigenvalue weighted by molar-refractivity contribution is 0.391. The van der Waals surface area contributed by atoms with Gasteiger partial charge in [0.1, 0.15) is 11.6 Å². The van der Waals surface area contributed by atoms with Crippen LogP contribution < -0.4 is 4.74 Å². The highest BCUT2D eigenvalue weighted by atomic mass is 79.9. The number of aromatic nitrogens is 1. The predicted molar refractivity (Wildman–Crippen MR) is 80.8 cm³/mol. The zero-order chi connectivity index (χ0) is 15.6. The average Bonchev–Trinajstić information content (AvgIpc) is 2.42. The van der Waals surface area contributed by atoms with Crippen LogP contribution in [0.5, 0.6) is 5.88 Å². The van der Waals surface area contributed by atoms with Gasteiger partial charge in [0.15, 0.2) is 9.84 Å². The molecule has 0 unspecified atom stereocenters. The predicted octanol–water partition coefficient (Wildman–Crippen LogP) is 3.62. The molecule has 0 saturated carbocycles. The van der Waals surface area contributed by atoms with Crippen molar-refractivity contribution in [2.75, 3.05) is 7.11 Å². The molecule has 0 saturated heterocycles. The molecular weight excluding hydrogens is 385 g/mol. The van der Waals surface area contributed by atoms with E-state index in [1.807, 2.05) is 0 Å². The van der Waals surface area contributed by atoms with Crippen LogP contribution in [0, 0.1) is 5.82 Å². The lowest BCUT2D eigenvalue weighted by atomic mass is 10.3. The summed E-state index contributed by atoms with van der Waals surface area (Å²) in [6, 6.07) is 7.10. The monoisotopic (exact) mass is 393 g/mol. The number of sulfone groups is 1. The van der Waals surface area contributed by atoms with Crippen LogP contribution in [0.1, 0.15) is 5.69 Å². The molecule has 0 spiro atoms. The number of benzene rings is 1. The highest BCUT2D eigenvalue weighted by Crippen LogP contribution is 2.28. The molecule has 1 aromatic heterocycles. The zero-order valence-electron chi connectivity index (χ0n) is 10.8. The Morgan fingerprint density at radius 1 is 1.38 bits per heavy atom. The summed E-state index contributed by atoms with van der Waals surface area (Å²) in [6.45, 7) is 0. The van der Waals surface area contributed by atoms with Gasteiger partial charge in [0.25, 0.3) is 0 Å². The van der Waals surface area contributed by atoms with Crippen molar-refractivity contribution in [1.82, 2.24) is 4.98 Å². The van der Waals surface area contributed by atoms with Crippen LogP contribution in [-0.4, -0.2) is 20.5 Å². The maximum absolute atomic E-state index is 13.9. The topological polar surface area (TPSA) is 56.3 Å². The summed E-state index contributed by atoms with van der Waals surface area (Å²) in [5.74, 6) is -1.23. The van der Waals surface area contributed by atoms with E-state index >= 15 is 0 Å². The third kappa shape index (κ3) is 3.53. The molecule has 0 fully saturated rings. The summed E-state index contributed by atoms with van der Waals surface area (Å²) in [5, 5.41) is 0.0852. The molecule has 8 heteroatoms. The number of rotatable bonds is 4. The van der Waals surface area contributed by atoms with E-state index in [0.29, 0.717) is 4.47 Å². The van der Waals surface area contributed by atoms with E-state index in [9.17, 15) is 12.8 Å². The third-order valence-corrected chi connectivity index (χ3v) is 5.35. The molecule has 0 radical (unpaired) electrons. The van der Waals surface area contributed by atoms with Gasteiger partial charge < -0.3 is 4.74 Å². The van der Waals surface area contributed by atoms with Crippen LogP contribution in [0.15, 0.2) is 39.7 Å². The zero-order valence-corrected chi connectivity index (χ0v) is 14.0. The Labute approximate surface area is 135 Å². The first kappa shape index (κ1) is 16.2. The second kappa shape index (κ2) is 6.29. The molecular formula is C13H10BrClFNO3S. The van der Waals surface area contributed by atoms with E-state index in [2.05, 4.69) is 20.9 Å². The van der Waals surface area contributed by atoms with Gasteiger partial charge in [-0.25, -0.2) is 17.8 Å². The first-order chi connectivity index (χ1) is 9.85. The van der Waals surface area contributed by atoms with E-state index in [1.54, 1.807) is 12.1 Å². The molecule has 1 heterocycles. The molecule has 0 amide bonds. The maximum atomic E-state index is 13.9. The Morgan fingerprint density at radius 3 is 2.67 bits per heavy atom. The molecule has 0 bridgehead atoms. The second-order valence-electron chi connectivity index (χ2n) is 4.10. The molecule has 0 atom stereocenters. The van der Waals surface area contributed by atoms with Gasteiger partial charge in [0.2, 0.25) is 5.88 Å². The molecule has 2 aromatic rings. The van der Waals surface area contributed by atoms with Gasteiger partial charge in [-0.05, 0) is 34.1 Å². The van der Waals surface area contributed by atoms with Crippen molar-refractivity contribution in [2.24, 2.45) is 0 Å². The van der Waals surface area contributed by atoms with E-state index in [4.69, 9.17) is 16.3 Å². The molecule has 4 nitrogen and oxygen atoms in total. The highest BCUT2D eigenvalue weighted by Gasteiger charge is 2.22. The number of nitrogens with zero attached hydrogens (tertiary/aromatic N) is 1. The number of pyridine rings is 1. The van der Waals surface area contributed by atoms with Gasteiger partial charge in [0.05, 0.1) is 27.2 Å². The summed E-state index contributed by atoms with van der Waals surface area (Å²) in [6.07, 6.45) is 0. The van der Waals surface area contributed by atoms with Crippen LogP contribution in [0.25, 0.3) is 0 Å². The smallest absolute Gasteiger partial charge is 0.228 e. The molecule has 112 valence electrons. The van der Waals surface area contributed by atoms with Crippen molar-refractivity contribution in [3.63, 3.8) is 0 Å². The van der Waals surface area contributed by atoms with Crippen LogP contribution in [0.2, 0.25) is 5.02 Å². The van der Waals surface area contributed by atoms with E-state index < -0.39 is 21.4 Å². The van der Waals surface area contributed by atoms with Gasteiger partial charge in [-0.2, -0.15) is 0 Å². The maximum Gasteiger partial charge on any atom is 0.228 e. The molecule has 1 aromatic carbocycles. The lowest BCUT2D eigenvalue weighted by Gasteiger charge is -2.09. The van der Waals surface area contributed by atoms with Crippen molar-refractivity contribution in [3.05, 3.63) is 51.3 Å². The molecule has 21 heavy (non-hydrogen) atoms. The Balaban J connectivity index is 2.44. The summed E-state index contributed by atoms with van der Waals surface area (Å²) in [5.41, 5.74) is -0.227. The Hall–Kier alpha value is -1.18. The quantitative estimate of drug-likeness (QED) is 0.795. The first-order valence-electron chi connectivity index (χ1n) is 5.71. The van der Waals surface area contributed by atoms with Crippen LogP contribution in [0.3, 0.4) is 0 Å². The lowest BCUT2D eigenvalue weighted by Crippen LogP contribution is -2.09. The Kier molecular flexibility index (Phi) is 4.85. The minimum atomic E-state index is -3.81. The number of hydrogen-bond acceptors (Lipinski definition) is 4. The Bertz CT molecular complexity index is 783. The van der Waals surface area contributed by atoms with E-state index in [-0.39, 0.29) is 21.5 Å². The van der Waals surface area contributed by atoms with E-state index in [0.717, 1.165) is 6.07 Å². The molecule has 0 aliphatic heterocycles. The number of hydrogen-bond donors (Lipinski definition) is 0. The van der Waals surface area contributed by atoms with Gasteiger partial charge in [-0.1, -0.05) is 23.7 Å². The number of methoxy groups -OCH3 is 1. The first-order valence-corrected chi connectivity index (χ1v) is 8.53. The van der Waals surface area contributed by atoms with Crippen LogP contribution in [-0.2, 0) is 15.6 Å². The molecule has 2 rings (SSSR count). The minimum absolute atomic E-state index is 0.0604. The summed E-state index contributed by atoms with van der Waals surface area (Å²) in [4.78, 5) is 3.80. The molecule has 0 N–H and O–H groups in total. The van der Waals surface area contributed by atoms with Crippen molar-refractivity contribution in [1.29, 1.82) is 0 Å². The Morgan fingerprint density at radius 2 is 2.05 bits per heavy atom. The van der Waals surface area contributed by atoms with E-state index in [1.165, 1.54) is 19.2 Å². The fraction of sp³-hybridized carbons (Fsp3) is 0.154. The standard InChI is InChI=1S/C13H10BrClFNO3S/c1-20-13-8(14)6-10(16)11(17-13)7-21(18,19)12-5-3-2-4-9(12)15/h2-6H,7H2,1H3. The van der Waals surface area contributed by atoms with Gasteiger partial charge in [-0.15, -0.1) is 0 Å². The SMILES string of the molecule is COc1nc(CS(=O)(=O)c2ccccc2Cl)c(F)cc1Br. The summed E-state index contributed by atoms with van der Waals surface area (Å²) < 4.78 is 43.7. The van der Waals surface area contributed by atoms with Gasteiger partial charge >= 0.3 is 0 Å². The third-order valence-electron chi connectivity index (χ3n) is 2.66. The normalized spacial score (nSPS) is 11.4. The summed E-state index contributed by atoms with van der Waals surface area (Å²) >= 11 is 8.95. The minimum Gasteiger partial charge on any atom is -0.480 e. The van der Waals surface area contributed by atoms with Gasteiger partial charge in [0, 0.05) is 0 Å². The average molecular weight is 395 g/mol. The van der Waals surface area contributed by atoms with Crippen molar-refractivity contribution < 1.29 is 17.5 Å². The van der Waals surface area contributed by atoms with Crippen LogP contribution >= 0.6 is 27.5 Å². The fourth-order valence-electron chi connectivity index (χ4n) is 1.68. The number of ether oxygens (including phenoxy) is 1. The van der Waals surface area contributed by atoms with Crippen LogP contribution in [0.4, 0.5) is 4.39 Å².